The monoisotopic (exact) mass is 183 g/mol. The highest BCUT2D eigenvalue weighted by Gasteiger charge is 1.91. The first kappa shape index (κ1) is 12.5. The van der Waals surface area contributed by atoms with E-state index in [9.17, 15) is 0 Å². The molecule has 1 N–H and O–H groups in total. The summed E-state index contributed by atoms with van der Waals surface area (Å²) in [5.74, 6) is 0. The van der Waals surface area contributed by atoms with Gasteiger partial charge in [0.05, 0.1) is 0 Å². The fourth-order valence-corrected chi connectivity index (χ4v) is 1.38. The molecule has 0 aliphatic carbocycles. The Morgan fingerprint density at radius 1 is 1.00 bits per heavy atom. The molecule has 0 saturated heterocycles. The van der Waals surface area contributed by atoms with E-state index < -0.39 is 0 Å². The second kappa shape index (κ2) is 9.63. The van der Waals surface area contributed by atoms with Gasteiger partial charge >= 0.3 is 0 Å². The Kier molecular flexibility index (Phi) is 9.29. The lowest BCUT2D eigenvalue weighted by Crippen LogP contribution is -2.13. The van der Waals surface area contributed by atoms with E-state index >= 15 is 0 Å². The van der Waals surface area contributed by atoms with Crippen LogP contribution in [0.5, 0.6) is 0 Å². The van der Waals surface area contributed by atoms with Crippen LogP contribution in [0, 0.1) is 0 Å². The molecule has 1 nitrogen and oxygen atoms in total. The highest BCUT2D eigenvalue weighted by Crippen LogP contribution is 2.02. The van der Waals surface area contributed by atoms with Crippen LogP contribution in [0.2, 0.25) is 0 Å². The Labute approximate surface area is 83.6 Å². The van der Waals surface area contributed by atoms with Gasteiger partial charge in [-0.15, -0.1) is 0 Å². The number of nitrogens with one attached hydrogen (secondary N) is 1. The predicted molar refractivity (Wildman–Crippen MR) is 60.8 cm³/mol. The smallest absolute Gasteiger partial charge is 0.0143 e. The van der Waals surface area contributed by atoms with Crippen molar-refractivity contribution in [1.29, 1.82) is 0 Å². The summed E-state index contributed by atoms with van der Waals surface area (Å²) in [5.41, 5.74) is 1.21. The van der Waals surface area contributed by atoms with E-state index in [2.05, 4.69) is 25.7 Å². The molecule has 0 unspecified atom stereocenters. The van der Waals surface area contributed by atoms with Crippen molar-refractivity contribution in [3.63, 3.8) is 0 Å². The van der Waals surface area contributed by atoms with E-state index in [4.69, 9.17) is 0 Å². The van der Waals surface area contributed by atoms with Crippen LogP contribution in [-0.2, 0) is 0 Å². The molecule has 0 amide bonds. The van der Waals surface area contributed by atoms with Crippen LogP contribution in [0.15, 0.2) is 12.3 Å². The standard InChI is InChI=1S/C12H25N/c1-4-6-7-8-9-11-13-12(3)10-5-2/h13H,3-11H2,1-2H3. The second-order valence-electron chi connectivity index (χ2n) is 3.69. The van der Waals surface area contributed by atoms with Crippen LogP contribution in [-0.4, -0.2) is 6.54 Å². The van der Waals surface area contributed by atoms with Crippen LogP contribution in [0.25, 0.3) is 0 Å². The van der Waals surface area contributed by atoms with Gasteiger partial charge in [0.25, 0.3) is 0 Å². The van der Waals surface area contributed by atoms with E-state index in [1.807, 2.05) is 0 Å². The number of unbranched alkanes of at least 4 members (excludes halogenated alkanes) is 4. The van der Waals surface area contributed by atoms with Gasteiger partial charge in [-0.1, -0.05) is 52.5 Å². The van der Waals surface area contributed by atoms with Crippen molar-refractivity contribution in [2.75, 3.05) is 6.54 Å². The maximum Gasteiger partial charge on any atom is 0.0143 e. The summed E-state index contributed by atoms with van der Waals surface area (Å²) < 4.78 is 0. The van der Waals surface area contributed by atoms with Gasteiger partial charge in [-0.25, -0.2) is 0 Å². The molecule has 0 aliphatic rings. The Hall–Kier alpha value is -0.460. The fraction of sp³-hybridized carbons (Fsp3) is 0.833. The summed E-state index contributed by atoms with van der Waals surface area (Å²) in [7, 11) is 0. The summed E-state index contributed by atoms with van der Waals surface area (Å²) >= 11 is 0. The molecule has 1 heteroatoms. The molecule has 0 spiro atoms. The minimum absolute atomic E-state index is 1.11. The summed E-state index contributed by atoms with van der Waals surface area (Å²) in [6, 6.07) is 0. The minimum atomic E-state index is 1.11. The first-order chi connectivity index (χ1) is 6.31. The first-order valence-electron chi connectivity index (χ1n) is 5.72. The topological polar surface area (TPSA) is 12.0 Å². The van der Waals surface area contributed by atoms with Crippen LogP contribution in [0.1, 0.15) is 58.8 Å². The summed E-state index contributed by atoms with van der Waals surface area (Å²) in [5, 5.41) is 3.37. The molecule has 0 aliphatic heterocycles. The van der Waals surface area contributed by atoms with Crippen molar-refractivity contribution in [1.82, 2.24) is 5.32 Å². The van der Waals surface area contributed by atoms with Crippen LogP contribution in [0.3, 0.4) is 0 Å². The Morgan fingerprint density at radius 2 is 1.69 bits per heavy atom. The van der Waals surface area contributed by atoms with Crippen molar-refractivity contribution in [3.8, 4) is 0 Å². The zero-order valence-electron chi connectivity index (χ0n) is 9.36. The Bertz CT molecular complexity index is 118. The maximum absolute atomic E-state index is 3.97. The highest BCUT2D eigenvalue weighted by atomic mass is 14.9. The minimum Gasteiger partial charge on any atom is -0.389 e. The fourth-order valence-electron chi connectivity index (χ4n) is 1.38. The average molecular weight is 183 g/mol. The van der Waals surface area contributed by atoms with E-state index in [0.717, 1.165) is 13.0 Å². The van der Waals surface area contributed by atoms with Gasteiger partial charge in [-0.05, 0) is 12.8 Å². The third kappa shape index (κ3) is 9.45. The van der Waals surface area contributed by atoms with Crippen LogP contribution >= 0.6 is 0 Å². The highest BCUT2D eigenvalue weighted by molar-refractivity contribution is 4.89. The number of allylic oxidation sites excluding steroid dienone is 1. The molecule has 78 valence electrons. The van der Waals surface area contributed by atoms with E-state index in [1.165, 1.54) is 44.2 Å². The van der Waals surface area contributed by atoms with Gasteiger partial charge in [-0.2, -0.15) is 0 Å². The van der Waals surface area contributed by atoms with Gasteiger partial charge < -0.3 is 5.32 Å². The van der Waals surface area contributed by atoms with Crippen molar-refractivity contribution < 1.29 is 0 Å². The molecule has 0 aromatic carbocycles. The zero-order chi connectivity index (χ0) is 9.94. The van der Waals surface area contributed by atoms with Crippen molar-refractivity contribution in [2.24, 2.45) is 0 Å². The molecule has 0 heterocycles. The molecule has 0 rings (SSSR count). The molecule has 0 fully saturated rings. The largest absolute Gasteiger partial charge is 0.389 e. The van der Waals surface area contributed by atoms with Crippen molar-refractivity contribution in [3.05, 3.63) is 12.3 Å². The number of hydrogen-bond donors (Lipinski definition) is 1. The average Bonchev–Trinajstić information content (AvgIpc) is 2.11. The molecule has 13 heavy (non-hydrogen) atoms. The van der Waals surface area contributed by atoms with Gasteiger partial charge in [0.1, 0.15) is 0 Å². The molecule has 0 atom stereocenters. The predicted octanol–water partition coefficient (Wildman–Crippen LogP) is 3.86. The second-order valence-corrected chi connectivity index (χ2v) is 3.69. The van der Waals surface area contributed by atoms with Crippen molar-refractivity contribution >= 4 is 0 Å². The molecule has 0 aromatic heterocycles. The molecular formula is C12H25N. The number of rotatable bonds is 9. The summed E-state index contributed by atoms with van der Waals surface area (Å²) in [4.78, 5) is 0. The normalized spacial score (nSPS) is 10.0. The van der Waals surface area contributed by atoms with Gasteiger partial charge in [0, 0.05) is 12.2 Å². The number of hydrogen-bond acceptors (Lipinski definition) is 1. The van der Waals surface area contributed by atoms with Gasteiger partial charge in [0.15, 0.2) is 0 Å². The molecule has 0 saturated carbocycles. The van der Waals surface area contributed by atoms with E-state index in [1.54, 1.807) is 0 Å². The van der Waals surface area contributed by atoms with E-state index in [-0.39, 0.29) is 0 Å². The summed E-state index contributed by atoms with van der Waals surface area (Å²) in [6.45, 7) is 9.52. The molecule has 0 radical (unpaired) electrons. The zero-order valence-corrected chi connectivity index (χ0v) is 9.36. The Balaban J connectivity index is 3.02. The molecule has 0 aromatic rings. The lowest BCUT2D eigenvalue weighted by atomic mass is 10.1. The third-order valence-electron chi connectivity index (χ3n) is 2.21. The van der Waals surface area contributed by atoms with E-state index in [0.29, 0.717) is 0 Å². The molecular weight excluding hydrogens is 158 g/mol. The summed E-state index contributed by atoms with van der Waals surface area (Å²) in [6.07, 6.45) is 9.07. The maximum atomic E-state index is 3.97. The van der Waals surface area contributed by atoms with Crippen LogP contribution < -0.4 is 5.32 Å². The SMILES string of the molecule is C=C(CCC)NCCCCCCC. The first-order valence-corrected chi connectivity index (χ1v) is 5.72. The third-order valence-corrected chi connectivity index (χ3v) is 2.21. The van der Waals surface area contributed by atoms with Crippen LogP contribution in [0.4, 0.5) is 0 Å². The lowest BCUT2D eigenvalue weighted by Gasteiger charge is -2.07. The quantitative estimate of drug-likeness (QED) is 0.535. The van der Waals surface area contributed by atoms with Gasteiger partial charge in [-0.3, -0.25) is 0 Å². The van der Waals surface area contributed by atoms with Crippen molar-refractivity contribution in [2.45, 2.75) is 58.8 Å². The van der Waals surface area contributed by atoms with Gasteiger partial charge in [0.2, 0.25) is 0 Å². The Morgan fingerprint density at radius 3 is 2.31 bits per heavy atom. The molecule has 0 bridgehead atoms. The lowest BCUT2D eigenvalue weighted by molar-refractivity contribution is 0.604.